The molecule has 1 heterocycles. The molecule has 0 atom stereocenters. The Labute approximate surface area is 159 Å². The number of rotatable bonds is 9. The van der Waals surface area contributed by atoms with Crippen molar-refractivity contribution in [1.29, 1.82) is 0 Å². The third kappa shape index (κ3) is 4.91. The van der Waals surface area contributed by atoms with Gasteiger partial charge in [-0.05, 0) is 42.3 Å². The molecule has 0 aliphatic heterocycles. The second-order valence-electron chi connectivity index (χ2n) is 5.84. The summed E-state index contributed by atoms with van der Waals surface area (Å²) in [5, 5.41) is 13.6. The van der Waals surface area contributed by atoms with Gasteiger partial charge < -0.3 is 37.3 Å². The maximum absolute atomic E-state index is 8.86. The van der Waals surface area contributed by atoms with Gasteiger partial charge in [-0.3, -0.25) is 0 Å². The van der Waals surface area contributed by atoms with Crippen LogP contribution >= 0.6 is 0 Å². The largest absolute Gasteiger partial charge is 1.00 e. The van der Waals surface area contributed by atoms with Gasteiger partial charge in [0.2, 0.25) is 0 Å². The summed E-state index contributed by atoms with van der Waals surface area (Å²) in [6, 6.07) is 14.2. The molecule has 0 fully saturated rings. The van der Waals surface area contributed by atoms with E-state index in [1.54, 1.807) is 7.11 Å². The van der Waals surface area contributed by atoms with Crippen molar-refractivity contribution in [3.63, 3.8) is 0 Å². The Kier molecular flexibility index (Phi) is 7.78. The molecular weight excluding hydrogens is 352 g/mol. The summed E-state index contributed by atoms with van der Waals surface area (Å²) in [5.74, 6) is 1.34. The molecule has 6 heteroatoms. The standard InChI is InChI=1S/C20H24N2O3.ClH/c1-24-20-12-15(6-7-19(20)25-11-10-23)13-21-9-8-16-14-22-18-5-3-2-4-17(16)18;/h2-7,12,14,21-23H,8-11,13H2,1H3;1H/p-1. The molecule has 3 N–H and O–H groups in total. The summed E-state index contributed by atoms with van der Waals surface area (Å²) in [6.45, 7) is 1.91. The molecule has 26 heavy (non-hydrogen) atoms. The van der Waals surface area contributed by atoms with Crippen molar-refractivity contribution in [2.45, 2.75) is 13.0 Å². The quantitative estimate of drug-likeness (QED) is 0.456. The molecular formula is C20H24ClN2O3-. The van der Waals surface area contributed by atoms with Gasteiger partial charge in [0.25, 0.3) is 0 Å². The van der Waals surface area contributed by atoms with Crippen molar-refractivity contribution < 1.29 is 27.0 Å². The molecule has 140 valence electrons. The van der Waals surface area contributed by atoms with Crippen molar-refractivity contribution >= 4 is 10.9 Å². The van der Waals surface area contributed by atoms with Crippen LogP contribution in [0, 0.1) is 0 Å². The first-order valence-electron chi connectivity index (χ1n) is 8.48. The zero-order chi connectivity index (χ0) is 17.5. The lowest BCUT2D eigenvalue weighted by Gasteiger charge is -2.12. The zero-order valence-corrected chi connectivity index (χ0v) is 15.6. The van der Waals surface area contributed by atoms with Crippen molar-refractivity contribution in [2.24, 2.45) is 0 Å². The highest BCUT2D eigenvalue weighted by atomic mass is 35.5. The molecule has 3 rings (SSSR count). The van der Waals surface area contributed by atoms with E-state index in [0.717, 1.165) is 25.1 Å². The van der Waals surface area contributed by atoms with Gasteiger partial charge in [-0.25, -0.2) is 0 Å². The second kappa shape index (κ2) is 10.1. The minimum Gasteiger partial charge on any atom is -1.00 e. The van der Waals surface area contributed by atoms with E-state index in [2.05, 4.69) is 34.7 Å². The second-order valence-corrected chi connectivity index (χ2v) is 5.84. The van der Waals surface area contributed by atoms with Gasteiger partial charge in [-0.2, -0.15) is 0 Å². The summed E-state index contributed by atoms with van der Waals surface area (Å²) < 4.78 is 10.8. The molecule has 0 amide bonds. The number of hydrogen-bond donors (Lipinski definition) is 3. The Morgan fingerprint density at radius 1 is 1.12 bits per heavy atom. The first-order chi connectivity index (χ1) is 12.3. The van der Waals surface area contributed by atoms with Crippen molar-refractivity contribution in [1.82, 2.24) is 10.3 Å². The van der Waals surface area contributed by atoms with E-state index in [-0.39, 0.29) is 25.6 Å². The highest BCUT2D eigenvalue weighted by Gasteiger charge is 2.06. The summed E-state index contributed by atoms with van der Waals surface area (Å²) in [5.41, 5.74) is 3.64. The molecule has 0 spiro atoms. The molecule has 0 aliphatic carbocycles. The highest BCUT2D eigenvalue weighted by molar-refractivity contribution is 5.83. The van der Waals surface area contributed by atoms with Gasteiger partial charge >= 0.3 is 0 Å². The summed E-state index contributed by atoms with van der Waals surface area (Å²) >= 11 is 0. The number of methoxy groups -OCH3 is 1. The monoisotopic (exact) mass is 375 g/mol. The van der Waals surface area contributed by atoms with E-state index < -0.39 is 0 Å². The summed E-state index contributed by atoms with van der Waals surface area (Å²) in [4.78, 5) is 3.31. The molecule has 0 saturated heterocycles. The van der Waals surface area contributed by atoms with Gasteiger partial charge in [0.05, 0.1) is 13.7 Å². The van der Waals surface area contributed by atoms with Crippen LogP contribution in [-0.2, 0) is 13.0 Å². The fraction of sp³-hybridized carbons (Fsp3) is 0.300. The van der Waals surface area contributed by atoms with Crippen LogP contribution in [0.5, 0.6) is 11.5 Å². The summed E-state index contributed by atoms with van der Waals surface area (Å²) in [7, 11) is 1.62. The highest BCUT2D eigenvalue weighted by Crippen LogP contribution is 2.28. The lowest BCUT2D eigenvalue weighted by atomic mass is 10.1. The van der Waals surface area contributed by atoms with E-state index in [9.17, 15) is 0 Å². The third-order valence-corrected chi connectivity index (χ3v) is 4.15. The molecule has 1 aromatic heterocycles. The van der Waals surface area contributed by atoms with E-state index in [1.807, 2.05) is 24.3 Å². The third-order valence-electron chi connectivity index (χ3n) is 4.15. The smallest absolute Gasteiger partial charge is 0.161 e. The molecule has 3 aromatic rings. The van der Waals surface area contributed by atoms with Crippen LogP contribution in [0.15, 0.2) is 48.7 Å². The SMILES string of the molecule is COc1cc(CNCCc2c[nH]c3ccccc23)ccc1OCCO.[Cl-]. The van der Waals surface area contributed by atoms with E-state index >= 15 is 0 Å². The Morgan fingerprint density at radius 2 is 1.96 bits per heavy atom. The van der Waals surface area contributed by atoms with Gasteiger partial charge in [-0.1, -0.05) is 24.3 Å². The van der Waals surface area contributed by atoms with Gasteiger partial charge in [-0.15, -0.1) is 0 Å². The fourth-order valence-corrected chi connectivity index (χ4v) is 2.89. The predicted molar refractivity (Wildman–Crippen MR) is 99.3 cm³/mol. The molecule has 2 aromatic carbocycles. The number of ether oxygens (including phenoxy) is 2. The molecule has 0 bridgehead atoms. The molecule has 5 nitrogen and oxygen atoms in total. The minimum atomic E-state index is -0.0136. The van der Waals surface area contributed by atoms with Crippen LogP contribution in [-0.4, -0.2) is 37.0 Å². The van der Waals surface area contributed by atoms with Crippen LogP contribution in [0.2, 0.25) is 0 Å². The van der Waals surface area contributed by atoms with Crippen LogP contribution in [0.3, 0.4) is 0 Å². The number of aliphatic hydroxyl groups is 1. The summed E-state index contributed by atoms with van der Waals surface area (Å²) in [6.07, 6.45) is 3.06. The van der Waals surface area contributed by atoms with E-state index in [4.69, 9.17) is 14.6 Å². The number of aromatic nitrogens is 1. The van der Waals surface area contributed by atoms with Gasteiger partial charge in [0.1, 0.15) is 6.61 Å². The number of hydrogen-bond acceptors (Lipinski definition) is 4. The Morgan fingerprint density at radius 3 is 2.77 bits per heavy atom. The average Bonchev–Trinajstić information content (AvgIpc) is 3.07. The lowest BCUT2D eigenvalue weighted by Crippen LogP contribution is -3.00. The first-order valence-corrected chi connectivity index (χ1v) is 8.48. The van der Waals surface area contributed by atoms with Crippen LogP contribution in [0.4, 0.5) is 0 Å². The van der Waals surface area contributed by atoms with Crippen LogP contribution < -0.4 is 27.2 Å². The van der Waals surface area contributed by atoms with E-state index in [0.29, 0.717) is 11.5 Å². The molecule has 0 radical (unpaired) electrons. The predicted octanol–water partition coefficient (Wildman–Crippen LogP) is -0.116. The first kappa shape index (κ1) is 20.1. The lowest BCUT2D eigenvalue weighted by molar-refractivity contribution is -0.00000653. The minimum absolute atomic E-state index is 0. The Bertz CT molecular complexity index is 820. The van der Waals surface area contributed by atoms with Crippen molar-refractivity contribution in [3.8, 4) is 11.5 Å². The normalized spacial score (nSPS) is 10.5. The number of halogens is 1. The Hall–Kier alpha value is -2.21. The molecule has 0 unspecified atom stereocenters. The van der Waals surface area contributed by atoms with Crippen molar-refractivity contribution in [3.05, 3.63) is 59.8 Å². The van der Waals surface area contributed by atoms with Gasteiger partial charge in [0.15, 0.2) is 11.5 Å². The average molecular weight is 376 g/mol. The molecule has 0 saturated carbocycles. The number of nitrogens with one attached hydrogen (secondary N) is 2. The molecule has 0 aliphatic rings. The maximum atomic E-state index is 8.86. The Balaban J connectivity index is 0.00000243. The number of para-hydroxylation sites is 1. The van der Waals surface area contributed by atoms with Crippen molar-refractivity contribution in [2.75, 3.05) is 26.9 Å². The van der Waals surface area contributed by atoms with Gasteiger partial charge in [0, 0.05) is 23.6 Å². The van der Waals surface area contributed by atoms with Crippen LogP contribution in [0.25, 0.3) is 10.9 Å². The number of aliphatic hydroxyl groups excluding tert-OH is 1. The maximum Gasteiger partial charge on any atom is 0.161 e. The number of fused-ring (bicyclic) bond motifs is 1. The number of aromatic amines is 1. The topological polar surface area (TPSA) is 66.5 Å². The fourth-order valence-electron chi connectivity index (χ4n) is 2.89. The zero-order valence-electron chi connectivity index (χ0n) is 14.8. The van der Waals surface area contributed by atoms with Crippen LogP contribution in [0.1, 0.15) is 11.1 Å². The number of H-pyrrole nitrogens is 1. The number of benzene rings is 2. The van der Waals surface area contributed by atoms with E-state index in [1.165, 1.54) is 16.5 Å².